The number of rotatable bonds is 3. The van der Waals surface area contributed by atoms with Gasteiger partial charge in [-0.3, -0.25) is 4.98 Å². The summed E-state index contributed by atoms with van der Waals surface area (Å²) in [7, 11) is 0. The first-order chi connectivity index (χ1) is 19.3. The van der Waals surface area contributed by atoms with Gasteiger partial charge in [0.15, 0.2) is 0 Å². The fraction of sp³-hybridized carbons (Fsp3) is 0. The largest absolute Gasteiger partial charge is 0.456 e. The Hall–Kier alpha value is -5.28. The van der Waals surface area contributed by atoms with Gasteiger partial charge in [-0.15, -0.1) is 0 Å². The van der Waals surface area contributed by atoms with Crippen LogP contribution < -0.4 is 0 Å². The lowest BCUT2D eigenvalue weighted by molar-refractivity contribution is 0.669. The molecule has 8 rings (SSSR count). The predicted octanol–water partition coefficient (Wildman–Crippen LogP) is 9.68. The molecular formula is C36H22N2O. The van der Waals surface area contributed by atoms with E-state index in [9.17, 15) is 0 Å². The summed E-state index contributed by atoms with van der Waals surface area (Å²) in [6, 6.07) is 42.6. The van der Waals surface area contributed by atoms with E-state index < -0.39 is 0 Å². The Bertz CT molecular complexity index is 2180. The molecule has 0 amide bonds. The second-order valence-electron chi connectivity index (χ2n) is 9.93. The van der Waals surface area contributed by atoms with E-state index in [1.807, 2.05) is 48.8 Å². The zero-order chi connectivity index (χ0) is 25.8. The van der Waals surface area contributed by atoms with Gasteiger partial charge in [0.05, 0.1) is 11.4 Å². The van der Waals surface area contributed by atoms with Crippen LogP contribution in [-0.2, 0) is 0 Å². The quantitative estimate of drug-likeness (QED) is 0.228. The summed E-state index contributed by atoms with van der Waals surface area (Å²) in [6.45, 7) is 0. The molecular weight excluding hydrogens is 476 g/mol. The third-order valence-corrected chi connectivity index (χ3v) is 7.51. The summed E-state index contributed by atoms with van der Waals surface area (Å²) in [5, 5.41) is 7.12. The second-order valence-corrected chi connectivity index (χ2v) is 9.93. The monoisotopic (exact) mass is 498 g/mol. The van der Waals surface area contributed by atoms with E-state index in [0.717, 1.165) is 55.6 Å². The molecule has 0 spiro atoms. The van der Waals surface area contributed by atoms with E-state index in [2.05, 4.69) is 89.9 Å². The molecule has 0 fully saturated rings. The van der Waals surface area contributed by atoms with Gasteiger partial charge in [-0.25, -0.2) is 4.98 Å². The first-order valence-electron chi connectivity index (χ1n) is 13.1. The Kier molecular flexibility index (Phi) is 4.82. The third kappa shape index (κ3) is 3.75. The highest BCUT2D eigenvalue weighted by molar-refractivity contribution is 6.06. The van der Waals surface area contributed by atoms with Crippen molar-refractivity contribution in [1.29, 1.82) is 0 Å². The van der Waals surface area contributed by atoms with Crippen molar-refractivity contribution in [3.05, 3.63) is 134 Å². The molecule has 0 saturated heterocycles. The minimum absolute atomic E-state index is 0.882. The van der Waals surface area contributed by atoms with Crippen molar-refractivity contribution in [3.8, 4) is 33.6 Å². The number of pyridine rings is 2. The molecule has 0 bridgehead atoms. The molecule has 5 aromatic carbocycles. The second kappa shape index (κ2) is 8.64. The molecule has 3 heterocycles. The smallest absolute Gasteiger partial charge is 0.135 e. The van der Waals surface area contributed by atoms with Gasteiger partial charge >= 0.3 is 0 Å². The molecule has 0 aliphatic rings. The minimum Gasteiger partial charge on any atom is -0.456 e. The van der Waals surface area contributed by atoms with Crippen LogP contribution in [0.4, 0.5) is 0 Å². The van der Waals surface area contributed by atoms with Gasteiger partial charge in [0.2, 0.25) is 0 Å². The van der Waals surface area contributed by atoms with Crippen LogP contribution >= 0.6 is 0 Å². The molecule has 0 aliphatic heterocycles. The van der Waals surface area contributed by atoms with Crippen molar-refractivity contribution in [2.45, 2.75) is 0 Å². The van der Waals surface area contributed by atoms with Crippen LogP contribution in [0.3, 0.4) is 0 Å². The third-order valence-electron chi connectivity index (χ3n) is 7.51. The Labute approximate surface area is 225 Å². The van der Waals surface area contributed by atoms with E-state index in [4.69, 9.17) is 9.40 Å². The van der Waals surface area contributed by atoms with Crippen molar-refractivity contribution in [2.24, 2.45) is 0 Å². The maximum Gasteiger partial charge on any atom is 0.135 e. The molecule has 0 unspecified atom stereocenters. The summed E-state index contributed by atoms with van der Waals surface area (Å²) in [4.78, 5) is 9.42. The molecule has 3 aromatic heterocycles. The van der Waals surface area contributed by atoms with Crippen molar-refractivity contribution >= 4 is 43.5 Å². The number of para-hydroxylation sites is 1. The summed E-state index contributed by atoms with van der Waals surface area (Å²) in [5.74, 6) is 0. The molecule has 0 radical (unpaired) electrons. The first-order valence-corrected chi connectivity index (χ1v) is 13.1. The average molecular weight is 499 g/mol. The number of nitrogens with zero attached hydrogens (tertiary/aromatic N) is 2. The zero-order valence-corrected chi connectivity index (χ0v) is 21.0. The Balaban J connectivity index is 1.33. The van der Waals surface area contributed by atoms with Crippen molar-refractivity contribution < 1.29 is 4.42 Å². The lowest BCUT2D eigenvalue weighted by atomic mass is 9.97. The van der Waals surface area contributed by atoms with Crippen LogP contribution in [0.1, 0.15) is 0 Å². The van der Waals surface area contributed by atoms with E-state index in [1.165, 1.54) is 21.5 Å². The fourth-order valence-electron chi connectivity index (χ4n) is 5.52. The maximum atomic E-state index is 6.07. The Morgan fingerprint density at radius 3 is 1.87 bits per heavy atom. The van der Waals surface area contributed by atoms with Crippen LogP contribution in [0.15, 0.2) is 138 Å². The molecule has 0 atom stereocenters. The van der Waals surface area contributed by atoms with E-state index in [1.54, 1.807) is 0 Å². The minimum atomic E-state index is 0.882. The number of benzene rings is 5. The van der Waals surface area contributed by atoms with Gasteiger partial charge in [0, 0.05) is 34.3 Å². The maximum absolute atomic E-state index is 6.07. The van der Waals surface area contributed by atoms with Crippen molar-refractivity contribution in [2.75, 3.05) is 0 Å². The van der Waals surface area contributed by atoms with Crippen LogP contribution in [0, 0.1) is 0 Å². The Morgan fingerprint density at radius 2 is 1.05 bits per heavy atom. The van der Waals surface area contributed by atoms with Gasteiger partial charge in [-0.2, -0.15) is 0 Å². The summed E-state index contributed by atoms with van der Waals surface area (Å²) >= 11 is 0. The topological polar surface area (TPSA) is 38.9 Å². The highest BCUT2D eigenvalue weighted by Crippen LogP contribution is 2.35. The molecule has 39 heavy (non-hydrogen) atoms. The highest BCUT2D eigenvalue weighted by Gasteiger charge is 2.13. The summed E-state index contributed by atoms with van der Waals surface area (Å²) in [6.07, 6.45) is 3.67. The lowest BCUT2D eigenvalue weighted by Gasteiger charge is -2.11. The number of hydrogen-bond acceptors (Lipinski definition) is 3. The van der Waals surface area contributed by atoms with Crippen LogP contribution in [0.5, 0.6) is 0 Å². The predicted molar refractivity (Wildman–Crippen MR) is 161 cm³/mol. The number of hydrogen-bond donors (Lipinski definition) is 0. The fourth-order valence-corrected chi connectivity index (χ4v) is 5.52. The van der Waals surface area contributed by atoms with E-state index in [-0.39, 0.29) is 0 Å². The molecule has 0 saturated carbocycles. The van der Waals surface area contributed by atoms with E-state index >= 15 is 0 Å². The van der Waals surface area contributed by atoms with Gasteiger partial charge in [-0.1, -0.05) is 54.6 Å². The van der Waals surface area contributed by atoms with Gasteiger partial charge < -0.3 is 4.42 Å². The molecule has 0 N–H and O–H groups in total. The average Bonchev–Trinajstić information content (AvgIpc) is 3.38. The van der Waals surface area contributed by atoms with Crippen molar-refractivity contribution in [1.82, 2.24) is 9.97 Å². The van der Waals surface area contributed by atoms with Crippen molar-refractivity contribution in [3.63, 3.8) is 0 Å². The Morgan fingerprint density at radius 1 is 0.410 bits per heavy atom. The standard InChI is InChI=1S/C36H22N2O/c1-2-6-25-18-29-19-27(10-9-26(29)17-24(25)5-1)33-21-30(23-13-15-37-16-14-23)22-34(38-33)28-11-12-36-32(20-28)31-7-3-4-8-35(31)39-36/h1-22H. The normalized spacial score (nSPS) is 11.6. The summed E-state index contributed by atoms with van der Waals surface area (Å²) in [5.41, 5.74) is 7.99. The van der Waals surface area contributed by atoms with E-state index in [0.29, 0.717) is 0 Å². The summed E-state index contributed by atoms with van der Waals surface area (Å²) < 4.78 is 6.07. The van der Waals surface area contributed by atoms with Crippen LogP contribution in [0.25, 0.3) is 77.1 Å². The van der Waals surface area contributed by atoms with Crippen LogP contribution in [-0.4, -0.2) is 9.97 Å². The highest BCUT2D eigenvalue weighted by atomic mass is 16.3. The van der Waals surface area contributed by atoms with Gasteiger partial charge in [0.25, 0.3) is 0 Å². The molecule has 182 valence electrons. The zero-order valence-electron chi connectivity index (χ0n) is 21.0. The molecule has 0 aliphatic carbocycles. The molecule has 3 heteroatoms. The SMILES string of the molecule is c1ccc2cc3cc(-c4cc(-c5ccncc5)cc(-c5ccc6oc7ccccc7c6c5)n4)ccc3cc2c1. The first kappa shape index (κ1) is 21.8. The number of fused-ring (bicyclic) bond motifs is 5. The van der Waals surface area contributed by atoms with Gasteiger partial charge in [-0.05, 0) is 99.4 Å². The molecule has 8 aromatic rings. The van der Waals surface area contributed by atoms with Crippen LogP contribution in [0.2, 0.25) is 0 Å². The number of aromatic nitrogens is 2. The van der Waals surface area contributed by atoms with Gasteiger partial charge in [0.1, 0.15) is 11.2 Å². The molecule has 3 nitrogen and oxygen atoms in total. The lowest BCUT2D eigenvalue weighted by Crippen LogP contribution is -1.92. The number of furan rings is 1.